The highest BCUT2D eigenvalue weighted by atomic mass is 32.2. The number of hydrogen-bond donors (Lipinski definition) is 1. The Hall–Kier alpha value is -3.31. The molecule has 1 N–H and O–H groups in total. The van der Waals surface area contributed by atoms with E-state index in [4.69, 9.17) is 0 Å². The molecule has 3 aromatic rings. The molecule has 11 heteroatoms. The fourth-order valence-electron chi connectivity index (χ4n) is 5.67. The van der Waals surface area contributed by atoms with Crippen molar-refractivity contribution >= 4 is 23.7 Å². The number of carbonyl (C=O) groups is 1. The third-order valence-electron chi connectivity index (χ3n) is 7.63. The van der Waals surface area contributed by atoms with Gasteiger partial charge in [0.05, 0.1) is 5.92 Å². The van der Waals surface area contributed by atoms with Crippen LogP contribution in [0.1, 0.15) is 35.9 Å². The zero-order chi connectivity index (χ0) is 27.5. The average Bonchev–Trinajstić information content (AvgIpc) is 3.35. The summed E-state index contributed by atoms with van der Waals surface area (Å²) in [5, 5.41) is 6.51. The van der Waals surface area contributed by atoms with E-state index in [1.807, 2.05) is 28.2 Å². The van der Waals surface area contributed by atoms with Crippen molar-refractivity contribution in [1.82, 2.24) is 19.4 Å². The van der Waals surface area contributed by atoms with Gasteiger partial charge in [-0.2, -0.15) is 5.10 Å². The van der Waals surface area contributed by atoms with Gasteiger partial charge < -0.3 is 9.80 Å². The first-order chi connectivity index (χ1) is 18.8. The highest BCUT2D eigenvalue weighted by Crippen LogP contribution is 2.38. The molecule has 5 rings (SSSR count). The van der Waals surface area contributed by atoms with E-state index < -0.39 is 23.5 Å². The van der Waals surface area contributed by atoms with E-state index in [2.05, 4.69) is 14.5 Å². The van der Waals surface area contributed by atoms with Gasteiger partial charge in [0.2, 0.25) is 5.91 Å². The summed E-state index contributed by atoms with van der Waals surface area (Å²) >= 11 is 1.59. The maximum Gasteiger partial charge on any atom is 0.264 e. The Morgan fingerprint density at radius 2 is 1.74 bits per heavy atom. The highest BCUT2D eigenvalue weighted by molar-refractivity contribution is 7.96. The van der Waals surface area contributed by atoms with Crippen molar-refractivity contribution in [3.63, 3.8) is 0 Å². The van der Waals surface area contributed by atoms with Crippen molar-refractivity contribution in [2.75, 3.05) is 43.9 Å². The Balaban J connectivity index is 1.37. The molecular formula is C28H30F3N5O2S. The zero-order valence-corrected chi connectivity index (χ0v) is 22.3. The maximum atomic E-state index is 14.9. The van der Waals surface area contributed by atoms with Crippen LogP contribution in [-0.2, 0) is 4.79 Å². The van der Waals surface area contributed by atoms with Crippen LogP contribution in [0, 0.1) is 23.4 Å². The van der Waals surface area contributed by atoms with Crippen LogP contribution in [-0.4, -0.2) is 64.3 Å². The molecule has 1 aromatic heterocycles. The molecule has 0 aliphatic carbocycles. The van der Waals surface area contributed by atoms with Gasteiger partial charge in [0, 0.05) is 56.8 Å². The normalized spacial score (nSPS) is 22.5. The minimum atomic E-state index is -0.683. The van der Waals surface area contributed by atoms with Crippen molar-refractivity contribution in [1.29, 1.82) is 0 Å². The number of aromatic nitrogens is 2. The molecule has 0 radical (unpaired) electrons. The number of hydrogen-bond acceptors (Lipinski definition) is 6. The number of aromatic amines is 1. The molecule has 2 unspecified atom stereocenters. The molecule has 3 heterocycles. The Morgan fingerprint density at radius 3 is 2.44 bits per heavy atom. The Labute approximate surface area is 229 Å². The van der Waals surface area contributed by atoms with E-state index in [0.717, 1.165) is 24.5 Å². The van der Waals surface area contributed by atoms with Crippen molar-refractivity contribution < 1.29 is 18.0 Å². The number of carbonyl (C=O) groups excluding carboxylic acids is 1. The second-order valence-electron chi connectivity index (χ2n) is 9.92. The van der Waals surface area contributed by atoms with E-state index in [-0.39, 0.29) is 28.9 Å². The van der Waals surface area contributed by atoms with Crippen LogP contribution >= 0.6 is 11.9 Å². The van der Waals surface area contributed by atoms with Gasteiger partial charge in [-0.15, -0.1) is 0 Å². The highest BCUT2D eigenvalue weighted by Gasteiger charge is 2.42. The van der Waals surface area contributed by atoms with Crippen LogP contribution in [0.15, 0.2) is 59.4 Å². The molecule has 0 saturated carbocycles. The van der Waals surface area contributed by atoms with Crippen LogP contribution in [0.2, 0.25) is 0 Å². The summed E-state index contributed by atoms with van der Waals surface area (Å²) in [4.78, 5) is 29.2. The van der Waals surface area contributed by atoms with Crippen LogP contribution in [0.25, 0.3) is 0 Å². The molecule has 39 heavy (non-hydrogen) atoms. The number of halogens is 3. The van der Waals surface area contributed by atoms with E-state index in [1.54, 1.807) is 18.0 Å². The monoisotopic (exact) mass is 557 g/mol. The number of nitrogens with one attached hydrogen (secondary N) is 1. The van der Waals surface area contributed by atoms with Crippen LogP contribution < -0.4 is 10.5 Å². The van der Waals surface area contributed by atoms with E-state index in [1.165, 1.54) is 30.3 Å². The molecule has 2 fully saturated rings. The van der Waals surface area contributed by atoms with Gasteiger partial charge in [-0.1, -0.05) is 30.1 Å². The van der Waals surface area contributed by atoms with Crippen molar-refractivity contribution in [2.24, 2.45) is 5.92 Å². The molecule has 2 aliphatic rings. The molecule has 1 amide bonds. The topological polar surface area (TPSA) is 72.5 Å². The summed E-state index contributed by atoms with van der Waals surface area (Å²) in [6.45, 7) is 2.24. The third kappa shape index (κ3) is 5.99. The maximum absolute atomic E-state index is 14.9. The molecule has 0 bridgehead atoms. The fraction of sp³-hybridized carbons (Fsp3) is 0.393. The van der Waals surface area contributed by atoms with Gasteiger partial charge in [-0.3, -0.25) is 9.59 Å². The van der Waals surface area contributed by atoms with Crippen LogP contribution in [0.4, 0.5) is 19.0 Å². The molecule has 2 saturated heterocycles. The van der Waals surface area contributed by atoms with Gasteiger partial charge in [-0.05, 0) is 54.5 Å². The number of nitrogens with zero attached hydrogens (tertiary/aromatic N) is 4. The summed E-state index contributed by atoms with van der Waals surface area (Å²) < 4.78 is 44.3. The quantitative estimate of drug-likeness (QED) is 0.471. The molecule has 0 spiro atoms. The standard InChI is InChI=1S/C28H30F3N5O2S/c1-39-36-14-13-34(12-2-3-25(36)18-4-6-19(29)7-5-18)28(38)23-17-35(26-10-11-27(37)33-32-26)16-22(23)21-9-8-20(30)15-24(21)31/h4-11,15,22-23,25H,2-3,12-14,16-17H2,1H3,(H,33,37)/t22-,23?,25?/m0/s1. The first-order valence-corrected chi connectivity index (χ1v) is 14.1. The van der Waals surface area contributed by atoms with Gasteiger partial charge in [0.25, 0.3) is 5.56 Å². The third-order valence-corrected chi connectivity index (χ3v) is 8.54. The first-order valence-electron chi connectivity index (χ1n) is 12.9. The summed E-state index contributed by atoms with van der Waals surface area (Å²) in [5.41, 5.74) is 0.984. The van der Waals surface area contributed by atoms with Crippen molar-refractivity contribution in [3.8, 4) is 0 Å². The average molecular weight is 558 g/mol. The Morgan fingerprint density at radius 1 is 0.974 bits per heavy atom. The predicted molar refractivity (Wildman–Crippen MR) is 145 cm³/mol. The fourth-order valence-corrected chi connectivity index (χ4v) is 6.42. The van der Waals surface area contributed by atoms with E-state index >= 15 is 0 Å². The van der Waals surface area contributed by atoms with Crippen molar-refractivity contribution in [3.05, 3.63) is 93.5 Å². The van der Waals surface area contributed by atoms with Gasteiger partial charge in [-0.25, -0.2) is 22.6 Å². The van der Waals surface area contributed by atoms with Gasteiger partial charge in [0.15, 0.2) is 0 Å². The minimum Gasteiger partial charge on any atom is -0.354 e. The smallest absolute Gasteiger partial charge is 0.264 e. The summed E-state index contributed by atoms with van der Waals surface area (Å²) in [7, 11) is 0. The first kappa shape index (κ1) is 27.3. The lowest BCUT2D eigenvalue weighted by Gasteiger charge is -2.37. The summed E-state index contributed by atoms with van der Waals surface area (Å²) in [5.74, 6) is -2.32. The predicted octanol–water partition coefficient (Wildman–Crippen LogP) is 4.35. The van der Waals surface area contributed by atoms with Crippen LogP contribution in [0.3, 0.4) is 0 Å². The molecule has 7 nitrogen and oxygen atoms in total. The number of benzene rings is 2. The molecular weight excluding hydrogens is 527 g/mol. The number of amides is 1. The number of anilines is 1. The largest absolute Gasteiger partial charge is 0.354 e. The minimum absolute atomic E-state index is 0.0862. The van der Waals surface area contributed by atoms with Crippen molar-refractivity contribution in [2.45, 2.75) is 24.8 Å². The van der Waals surface area contributed by atoms with Gasteiger partial charge in [0.1, 0.15) is 23.3 Å². The van der Waals surface area contributed by atoms with E-state index in [9.17, 15) is 22.8 Å². The summed E-state index contributed by atoms with van der Waals surface area (Å²) in [6, 6.07) is 13.1. The molecule has 206 valence electrons. The molecule has 2 aromatic carbocycles. The lowest BCUT2D eigenvalue weighted by Crippen LogP contribution is -2.45. The Kier molecular flexibility index (Phi) is 8.27. The number of H-pyrrole nitrogens is 1. The molecule has 2 aliphatic heterocycles. The number of rotatable bonds is 5. The zero-order valence-electron chi connectivity index (χ0n) is 21.5. The second kappa shape index (κ2) is 11.8. The SMILES string of the molecule is CSN1CCN(C(=O)C2CN(c3ccc(=O)[nH]n3)C[C@H]2c2ccc(F)cc2F)CCCC1c1ccc(F)cc1. The summed E-state index contributed by atoms with van der Waals surface area (Å²) in [6.07, 6.45) is 3.53. The molecule has 3 atom stereocenters. The van der Waals surface area contributed by atoms with E-state index in [0.29, 0.717) is 38.5 Å². The second-order valence-corrected chi connectivity index (χ2v) is 10.8. The van der Waals surface area contributed by atoms with Gasteiger partial charge >= 0.3 is 0 Å². The lowest BCUT2D eigenvalue weighted by atomic mass is 9.87. The van der Waals surface area contributed by atoms with Crippen LogP contribution in [0.5, 0.6) is 0 Å². The Bertz CT molecular complexity index is 1350. The lowest BCUT2D eigenvalue weighted by molar-refractivity contribution is -0.135.